The van der Waals surface area contributed by atoms with Gasteiger partial charge in [-0.05, 0) is 48.9 Å². The largest absolute Gasteiger partial charge is 0.387 e. The summed E-state index contributed by atoms with van der Waals surface area (Å²) in [4.78, 5) is 0. The molecule has 2 N–H and O–H groups in total. The van der Waals surface area contributed by atoms with Crippen molar-refractivity contribution in [1.29, 1.82) is 0 Å². The van der Waals surface area contributed by atoms with Crippen molar-refractivity contribution in [3.05, 3.63) is 77.6 Å². The van der Waals surface area contributed by atoms with Crippen LogP contribution in [0.1, 0.15) is 42.4 Å². The first-order chi connectivity index (χ1) is 14.3. The fourth-order valence-electron chi connectivity index (χ4n) is 4.19. The number of aliphatic hydroxyl groups is 1. The summed E-state index contributed by atoms with van der Waals surface area (Å²) in [7, 11) is -3.35. The van der Waals surface area contributed by atoms with Gasteiger partial charge < -0.3 is 5.11 Å². The van der Waals surface area contributed by atoms with Gasteiger partial charge in [-0.1, -0.05) is 54.6 Å². The zero-order valence-corrected chi connectivity index (χ0v) is 18.0. The number of benzene rings is 2. The maximum absolute atomic E-state index is 12.0. The highest BCUT2D eigenvalue weighted by atomic mass is 32.2. The molecule has 0 aliphatic carbocycles. The summed E-state index contributed by atoms with van der Waals surface area (Å²) in [5, 5.41) is 14.6. The molecule has 0 fully saturated rings. The molecule has 1 aromatic heterocycles. The number of nitrogens with zero attached hydrogens (tertiary/aromatic N) is 2. The van der Waals surface area contributed by atoms with E-state index >= 15 is 0 Å². The van der Waals surface area contributed by atoms with Crippen molar-refractivity contribution in [2.24, 2.45) is 0 Å². The molecule has 30 heavy (non-hydrogen) atoms. The van der Waals surface area contributed by atoms with E-state index in [-0.39, 0.29) is 12.1 Å². The van der Waals surface area contributed by atoms with E-state index in [4.69, 9.17) is 0 Å². The number of hydrogen-bond acceptors (Lipinski definition) is 4. The van der Waals surface area contributed by atoms with Crippen molar-refractivity contribution in [3.63, 3.8) is 0 Å². The van der Waals surface area contributed by atoms with E-state index in [2.05, 4.69) is 40.2 Å². The Kier molecular flexibility index (Phi) is 5.77. The minimum absolute atomic E-state index is 0.165. The predicted molar refractivity (Wildman–Crippen MR) is 118 cm³/mol. The lowest BCUT2D eigenvalue weighted by molar-refractivity contribution is 0.191. The van der Waals surface area contributed by atoms with E-state index in [9.17, 15) is 13.5 Å². The summed E-state index contributed by atoms with van der Waals surface area (Å²) in [5.41, 5.74) is 5.03. The number of aryl methyl sites for hydroxylation is 1. The van der Waals surface area contributed by atoms with Crippen molar-refractivity contribution in [3.8, 4) is 11.1 Å². The molecule has 1 aliphatic heterocycles. The maximum atomic E-state index is 12.0. The molecule has 3 aromatic rings. The van der Waals surface area contributed by atoms with Gasteiger partial charge in [0.15, 0.2) is 0 Å². The molecule has 0 saturated heterocycles. The first-order valence-electron chi connectivity index (χ1n) is 10.2. The molecular weight excluding hydrogens is 398 g/mol. The third-order valence-corrected chi connectivity index (χ3v) is 6.33. The van der Waals surface area contributed by atoms with Crippen LogP contribution in [-0.2, 0) is 22.9 Å². The molecule has 0 saturated carbocycles. The number of hydrogen-bond donors (Lipinski definition) is 2. The maximum Gasteiger partial charge on any atom is 0.209 e. The molecule has 0 spiro atoms. The lowest BCUT2D eigenvalue weighted by Gasteiger charge is -2.33. The van der Waals surface area contributed by atoms with E-state index in [1.165, 1.54) is 6.26 Å². The van der Waals surface area contributed by atoms with Gasteiger partial charge in [-0.15, -0.1) is 0 Å². The van der Waals surface area contributed by atoms with Gasteiger partial charge in [0.1, 0.15) is 0 Å². The molecule has 3 atom stereocenters. The molecule has 0 bridgehead atoms. The molecule has 6 nitrogen and oxygen atoms in total. The Labute approximate surface area is 177 Å². The highest BCUT2D eigenvalue weighted by molar-refractivity contribution is 7.88. The van der Waals surface area contributed by atoms with Gasteiger partial charge in [0.25, 0.3) is 0 Å². The van der Waals surface area contributed by atoms with E-state index in [0.717, 1.165) is 22.4 Å². The summed E-state index contributed by atoms with van der Waals surface area (Å²) in [6.45, 7) is 1.69. The molecular formula is C23H27N3O3S. The lowest BCUT2D eigenvalue weighted by atomic mass is 9.91. The standard InChI is InChI=1S/C23H27N3O3S/c1-16(27)22-15-20-11-12-21(25-30(2,28)29)23(26(20)24-22)14-17-7-6-10-19(13-17)18-8-4-3-5-9-18/h3-10,13,15-16,21,23,25,27H,11-12,14H2,1-2H3/t16?,21-,23+/m0/s1. The number of aromatic nitrogens is 2. The Bertz CT molecular complexity index is 1120. The summed E-state index contributed by atoms with van der Waals surface area (Å²) >= 11 is 0. The zero-order valence-electron chi connectivity index (χ0n) is 17.2. The van der Waals surface area contributed by atoms with Gasteiger partial charge in [0.2, 0.25) is 10.0 Å². The van der Waals surface area contributed by atoms with Crippen LogP contribution in [0.25, 0.3) is 11.1 Å². The normalized spacial score (nSPS) is 20.0. The second kappa shape index (κ2) is 8.34. The second-order valence-electron chi connectivity index (χ2n) is 8.05. The molecule has 158 valence electrons. The number of rotatable bonds is 6. The summed E-state index contributed by atoms with van der Waals surface area (Å²) in [5.74, 6) is 0. The molecule has 7 heteroatoms. The van der Waals surface area contributed by atoms with E-state index in [1.807, 2.05) is 35.0 Å². The van der Waals surface area contributed by atoms with Crippen LogP contribution in [-0.4, -0.2) is 35.6 Å². The Morgan fingerprint density at radius 1 is 1.13 bits per heavy atom. The number of sulfonamides is 1. The van der Waals surface area contributed by atoms with E-state index in [0.29, 0.717) is 25.0 Å². The van der Waals surface area contributed by atoms with Gasteiger partial charge >= 0.3 is 0 Å². The SMILES string of the molecule is CC(O)c1cc2n(n1)[C@H](Cc1cccc(-c3ccccc3)c1)[C@@H](NS(C)(=O)=O)CC2. The molecule has 4 rings (SSSR count). The predicted octanol–water partition coefficient (Wildman–Crippen LogP) is 3.25. The summed E-state index contributed by atoms with van der Waals surface area (Å²) in [6.07, 6.45) is 2.59. The number of nitrogens with one attached hydrogen (secondary N) is 1. The highest BCUT2D eigenvalue weighted by Gasteiger charge is 2.33. The van der Waals surface area contributed by atoms with Crippen molar-refractivity contribution in [1.82, 2.24) is 14.5 Å². The molecule has 0 radical (unpaired) electrons. The van der Waals surface area contributed by atoms with Gasteiger partial charge in [0, 0.05) is 11.7 Å². The number of fused-ring (bicyclic) bond motifs is 1. The Hall–Kier alpha value is -2.48. The first kappa shape index (κ1) is 20.8. The van der Waals surface area contributed by atoms with Gasteiger partial charge in [-0.3, -0.25) is 4.68 Å². The van der Waals surface area contributed by atoms with Gasteiger partial charge in [-0.25, -0.2) is 13.1 Å². The van der Waals surface area contributed by atoms with Gasteiger partial charge in [0.05, 0.1) is 24.1 Å². The average Bonchev–Trinajstić information content (AvgIpc) is 3.15. The Balaban J connectivity index is 1.69. The molecule has 2 aromatic carbocycles. The fraction of sp³-hybridized carbons (Fsp3) is 0.348. The van der Waals surface area contributed by atoms with Crippen molar-refractivity contribution < 1.29 is 13.5 Å². The average molecular weight is 426 g/mol. The highest BCUT2D eigenvalue weighted by Crippen LogP contribution is 2.31. The molecule has 2 heterocycles. The van der Waals surface area contributed by atoms with Crippen LogP contribution in [0.3, 0.4) is 0 Å². The van der Waals surface area contributed by atoms with Crippen molar-refractivity contribution in [2.45, 2.75) is 44.4 Å². The van der Waals surface area contributed by atoms with Crippen LogP contribution in [0, 0.1) is 0 Å². The van der Waals surface area contributed by atoms with Crippen LogP contribution in [0.15, 0.2) is 60.7 Å². The first-order valence-corrected chi connectivity index (χ1v) is 12.1. The molecule has 1 aliphatic rings. The third-order valence-electron chi connectivity index (χ3n) is 5.59. The Morgan fingerprint density at radius 2 is 1.87 bits per heavy atom. The van der Waals surface area contributed by atoms with Crippen molar-refractivity contribution in [2.75, 3.05) is 6.26 Å². The third kappa shape index (κ3) is 4.64. The Morgan fingerprint density at radius 3 is 2.57 bits per heavy atom. The van der Waals surface area contributed by atoms with Crippen LogP contribution >= 0.6 is 0 Å². The fourth-order valence-corrected chi connectivity index (χ4v) is 5.01. The van der Waals surface area contributed by atoms with E-state index in [1.54, 1.807) is 6.92 Å². The minimum Gasteiger partial charge on any atom is -0.387 e. The van der Waals surface area contributed by atoms with Crippen molar-refractivity contribution >= 4 is 10.0 Å². The molecule has 1 unspecified atom stereocenters. The van der Waals surface area contributed by atoms with Crippen LogP contribution < -0.4 is 4.72 Å². The van der Waals surface area contributed by atoms with E-state index < -0.39 is 16.1 Å². The van der Waals surface area contributed by atoms with Crippen LogP contribution in [0.2, 0.25) is 0 Å². The molecule has 0 amide bonds. The van der Waals surface area contributed by atoms with Crippen LogP contribution in [0.5, 0.6) is 0 Å². The zero-order chi connectivity index (χ0) is 21.3. The summed E-state index contributed by atoms with van der Waals surface area (Å²) in [6, 6.07) is 20.0. The quantitative estimate of drug-likeness (QED) is 0.635. The van der Waals surface area contributed by atoms with Crippen LogP contribution in [0.4, 0.5) is 0 Å². The monoisotopic (exact) mass is 425 g/mol. The topological polar surface area (TPSA) is 84.2 Å². The summed E-state index contributed by atoms with van der Waals surface area (Å²) < 4.78 is 28.7. The minimum atomic E-state index is -3.35. The second-order valence-corrected chi connectivity index (χ2v) is 9.83. The smallest absolute Gasteiger partial charge is 0.209 e. The lowest BCUT2D eigenvalue weighted by Crippen LogP contribution is -2.45. The number of aliphatic hydroxyl groups excluding tert-OH is 1. The van der Waals surface area contributed by atoms with Gasteiger partial charge in [-0.2, -0.15) is 5.10 Å².